The summed E-state index contributed by atoms with van der Waals surface area (Å²) >= 11 is 6.48. The molecule has 8 nitrogen and oxygen atoms in total. The SMILES string of the molecule is COc1cccc(C(CNc2cnn(-c3nc4ccccc4[nH]3)c(=O)c2Cl)[NH+]2CCCC2)c1. The van der Waals surface area contributed by atoms with Gasteiger partial charge in [-0.05, 0) is 24.3 Å². The van der Waals surface area contributed by atoms with Crippen LogP contribution in [-0.2, 0) is 0 Å². The monoisotopic (exact) mass is 465 g/mol. The van der Waals surface area contributed by atoms with Gasteiger partial charge >= 0.3 is 0 Å². The molecule has 1 aliphatic rings. The van der Waals surface area contributed by atoms with Gasteiger partial charge in [-0.3, -0.25) is 4.79 Å². The van der Waals surface area contributed by atoms with Gasteiger partial charge in [-0.2, -0.15) is 9.78 Å². The first-order valence-electron chi connectivity index (χ1n) is 11.1. The van der Waals surface area contributed by atoms with Crippen LogP contribution in [0.5, 0.6) is 5.75 Å². The summed E-state index contributed by atoms with van der Waals surface area (Å²) < 4.78 is 6.62. The van der Waals surface area contributed by atoms with Crippen molar-refractivity contribution >= 4 is 28.3 Å². The largest absolute Gasteiger partial charge is 0.497 e. The third-order valence-corrected chi connectivity index (χ3v) is 6.59. The predicted octanol–water partition coefficient (Wildman–Crippen LogP) is 2.60. The lowest BCUT2D eigenvalue weighted by Crippen LogP contribution is -3.11. The summed E-state index contributed by atoms with van der Waals surface area (Å²) in [7, 11) is 1.68. The Morgan fingerprint density at radius 3 is 2.82 bits per heavy atom. The first-order valence-corrected chi connectivity index (χ1v) is 11.5. The van der Waals surface area contributed by atoms with Crippen LogP contribution in [0.1, 0.15) is 24.4 Å². The molecule has 0 saturated carbocycles. The summed E-state index contributed by atoms with van der Waals surface area (Å²) in [5.74, 6) is 1.18. The molecule has 1 saturated heterocycles. The van der Waals surface area contributed by atoms with Gasteiger partial charge in [0.1, 0.15) is 16.8 Å². The van der Waals surface area contributed by atoms with E-state index in [1.54, 1.807) is 13.3 Å². The van der Waals surface area contributed by atoms with E-state index in [1.807, 2.05) is 36.4 Å². The summed E-state index contributed by atoms with van der Waals surface area (Å²) in [6.45, 7) is 2.85. The molecule has 1 unspecified atom stereocenters. The van der Waals surface area contributed by atoms with Crippen molar-refractivity contribution < 1.29 is 9.64 Å². The third-order valence-electron chi connectivity index (χ3n) is 6.23. The van der Waals surface area contributed by atoms with Crippen LogP contribution in [0.15, 0.2) is 59.5 Å². The Morgan fingerprint density at radius 1 is 1.21 bits per heavy atom. The zero-order valence-electron chi connectivity index (χ0n) is 18.3. The van der Waals surface area contributed by atoms with Gasteiger partial charge in [0.25, 0.3) is 5.56 Å². The molecular weight excluding hydrogens is 440 g/mol. The molecule has 33 heavy (non-hydrogen) atoms. The van der Waals surface area contributed by atoms with Crippen molar-refractivity contribution in [1.82, 2.24) is 19.7 Å². The number of hydrogen-bond acceptors (Lipinski definition) is 5. The number of nitrogens with zero attached hydrogens (tertiary/aromatic N) is 3. The maximum Gasteiger partial charge on any atom is 0.295 e. The topological polar surface area (TPSA) is 89.3 Å². The van der Waals surface area contributed by atoms with Crippen LogP contribution in [-0.4, -0.2) is 46.5 Å². The van der Waals surface area contributed by atoms with Crippen LogP contribution < -0.4 is 20.5 Å². The quantitative estimate of drug-likeness (QED) is 0.390. The lowest BCUT2D eigenvalue weighted by Gasteiger charge is -2.26. The average molecular weight is 466 g/mol. The Balaban J connectivity index is 1.40. The molecule has 1 fully saturated rings. The number of para-hydroxylation sites is 2. The molecule has 1 aliphatic heterocycles. The van der Waals surface area contributed by atoms with Crippen LogP contribution in [0.2, 0.25) is 5.02 Å². The summed E-state index contributed by atoms with van der Waals surface area (Å²) in [6, 6.07) is 15.9. The van der Waals surface area contributed by atoms with Crippen LogP contribution in [0.3, 0.4) is 0 Å². The molecule has 5 rings (SSSR count). The van der Waals surface area contributed by atoms with Gasteiger partial charge in [-0.1, -0.05) is 35.9 Å². The van der Waals surface area contributed by atoms with Crippen molar-refractivity contribution in [2.45, 2.75) is 18.9 Å². The molecule has 0 aliphatic carbocycles. The molecule has 0 radical (unpaired) electrons. The van der Waals surface area contributed by atoms with Crippen LogP contribution in [0.25, 0.3) is 17.0 Å². The fraction of sp³-hybridized carbons (Fsp3) is 0.292. The van der Waals surface area contributed by atoms with E-state index in [0.29, 0.717) is 18.2 Å². The molecule has 0 amide bonds. The van der Waals surface area contributed by atoms with Gasteiger partial charge in [0.2, 0.25) is 5.95 Å². The standard InChI is InChI=1S/C24H25ClN6O2/c1-33-17-8-6-7-16(13-17)21(30-11-4-5-12-30)15-26-20-14-27-31(23(32)22(20)25)24-28-18-9-2-3-10-19(18)29-24/h2-3,6-10,13-14,21,26H,4-5,11-12,15H2,1H3,(H,28,29)/p+1. The number of H-pyrrole nitrogens is 1. The minimum Gasteiger partial charge on any atom is -0.497 e. The number of methoxy groups -OCH3 is 1. The van der Waals surface area contributed by atoms with Gasteiger partial charge in [-0.15, -0.1) is 0 Å². The Hall–Kier alpha value is -3.36. The first kappa shape index (κ1) is 21.5. The molecule has 1 atom stereocenters. The zero-order valence-corrected chi connectivity index (χ0v) is 19.1. The predicted molar refractivity (Wildman–Crippen MR) is 129 cm³/mol. The second-order valence-electron chi connectivity index (χ2n) is 8.24. The number of imidazole rings is 1. The van der Waals surface area contributed by atoms with Crippen molar-refractivity contribution in [3.63, 3.8) is 0 Å². The van der Waals surface area contributed by atoms with E-state index in [-0.39, 0.29) is 11.1 Å². The Bertz CT molecular complexity index is 1300. The summed E-state index contributed by atoms with van der Waals surface area (Å²) in [5, 5.41) is 7.78. The minimum absolute atomic E-state index is 0.0891. The van der Waals surface area contributed by atoms with Gasteiger partial charge < -0.3 is 19.9 Å². The van der Waals surface area contributed by atoms with Gasteiger partial charge in [0.05, 0.1) is 49.7 Å². The fourth-order valence-electron chi connectivity index (χ4n) is 4.49. The van der Waals surface area contributed by atoms with E-state index in [4.69, 9.17) is 16.3 Å². The lowest BCUT2D eigenvalue weighted by atomic mass is 10.0. The van der Waals surface area contributed by atoms with Gasteiger partial charge in [0.15, 0.2) is 0 Å². The van der Waals surface area contributed by atoms with Gasteiger partial charge in [-0.25, -0.2) is 4.98 Å². The maximum absolute atomic E-state index is 13.0. The van der Waals surface area contributed by atoms with E-state index < -0.39 is 5.56 Å². The number of anilines is 1. The second-order valence-corrected chi connectivity index (χ2v) is 8.62. The number of aromatic amines is 1. The van der Waals surface area contributed by atoms with Crippen molar-refractivity contribution in [2.24, 2.45) is 0 Å². The molecule has 2 aromatic carbocycles. The number of fused-ring (bicyclic) bond motifs is 1. The molecule has 170 valence electrons. The number of likely N-dealkylation sites (tertiary alicyclic amines) is 1. The molecule has 3 heterocycles. The van der Waals surface area contributed by atoms with Crippen molar-refractivity contribution in [3.8, 4) is 11.7 Å². The van der Waals surface area contributed by atoms with Crippen molar-refractivity contribution in [1.29, 1.82) is 0 Å². The molecule has 2 aromatic heterocycles. The highest BCUT2D eigenvalue weighted by atomic mass is 35.5. The smallest absolute Gasteiger partial charge is 0.295 e. The Morgan fingerprint density at radius 2 is 2.03 bits per heavy atom. The van der Waals surface area contributed by atoms with Crippen LogP contribution in [0, 0.1) is 0 Å². The molecule has 3 N–H and O–H groups in total. The van der Waals surface area contributed by atoms with E-state index in [1.165, 1.54) is 28.0 Å². The zero-order chi connectivity index (χ0) is 22.8. The molecular formula is C24H26ClN6O2+. The number of hydrogen-bond donors (Lipinski definition) is 3. The maximum atomic E-state index is 13.0. The van der Waals surface area contributed by atoms with E-state index >= 15 is 0 Å². The summed E-state index contributed by atoms with van der Waals surface area (Å²) in [4.78, 5) is 22.0. The van der Waals surface area contributed by atoms with E-state index in [9.17, 15) is 4.79 Å². The highest BCUT2D eigenvalue weighted by molar-refractivity contribution is 6.32. The lowest BCUT2D eigenvalue weighted by molar-refractivity contribution is -0.917. The molecule has 9 heteroatoms. The molecule has 0 bridgehead atoms. The highest BCUT2D eigenvalue weighted by Crippen LogP contribution is 2.21. The van der Waals surface area contributed by atoms with E-state index in [0.717, 1.165) is 29.9 Å². The molecule has 0 spiro atoms. The summed E-state index contributed by atoms with van der Waals surface area (Å²) in [6.07, 6.45) is 4.01. The number of halogens is 1. The summed E-state index contributed by atoms with van der Waals surface area (Å²) in [5.41, 5.74) is 2.87. The second kappa shape index (κ2) is 9.25. The normalized spacial score (nSPS) is 15.1. The first-order chi connectivity index (χ1) is 16.1. The number of aromatic nitrogens is 4. The molecule has 4 aromatic rings. The number of benzene rings is 2. The van der Waals surface area contributed by atoms with Crippen LogP contribution in [0.4, 0.5) is 5.69 Å². The number of ether oxygens (including phenoxy) is 1. The van der Waals surface area contributed by atoms with E-state index in [2.05, 4.69) is 32.5 Å². The average Bonchev–Trinajstić information content (AvgIpc) is 3.52. The number of quaternary nitrogens is 1. The minimum atomic E-state index is -0.424. The highest BCUT2D eigenvalue weighted by Gasteiger charge is 2.28. The number of rotatable bonds is 7. The fourth-order valence-corrected chi connectivity index (χ4v) is 4.69. The number of nitrogens with one attached hydrogen (secondary N) is 3. The van der Waals surface area contributed by atoms with Gasteiger partial charge in [0, 0.05) is 18.4 Å². The third kappa shape index (κ3) is 4.31. The Labute approximate surface area is 196 Å². The Kier molecular flexibility index (Phi) is 6.02. The van der Waals surface area contributed by atoms with Crippen LogP contribution >= 0.6 is 11.6 Å². The van der Waals surface area contributed by atoms with Crippen molar-refractivity contribution in [2.75, 3.05) is 32.1 Å². The van der Waals surface area contributed by atoms with Crippen molar-refractivity contribution in [3.05, 3.63) is 75.7 Å².